The second kappa shape index (κ2) is 3.24. The van der Waals surface area contributed by atoms with Crippen LogP contribution in [0.5, 0.6) is 0 Å². The van der Waals surface area contributed by atoms with E-state index in [0.717, 1.165) is 21.1 Å². The predicted octanol–water partition coefficient (Wildman–Crippen LogP) is 3.35. The van der Waals surface area contributed by atoms with E-state index in [1.807, 2.05) is 19.1 Å². The summed E-state index contributed by atoms with van der Waals surface area (Å²) >= 11 is 9.27. The molecule has 2 aromatic rings. The standard InChI is InChI=1S/C9H6BrClN2/c1-5-7(10)9(11)13-6-3-2-4-12-8(5)6/h2-4H,1H3. The van der Waals surface area contributed by atoms with Gasteiger partial charge in [-0.25, -0.2) is 4.98 Å². The van der Waals surface area contributed by atoms with Gasteiger partial charge in [0.1, 0.15) is 5.15 Å². The van der Waals surface area contributed by atoms with Gasteiger partial charge in [-0.3, -0.25) is 4.98 Å². The van der Waals surface area contributed by atoms with Crippen molar-refractivity contribution in [2.45, 2.75) is 6.92 Å². The molecule has 0 unspecified atom stereocenters. The third-order valence-corrected chi connectivity index (χ3v) is 3.34. The van der Waals surface area contributed by atoms with Crippen molar-refractivity contribution in [1.82, 2.24) is 9.97 Å². The molecule has 0 aliphatic rings. The van der Waals surface area contributed by atoms with Crippen molar-refractivity contribution in [2.24, 2.45) is 0 Å². The van der Waals surface area contributed by atoms with E-state index in [1.54, 1.807) is 6.20 Å². The smallest absolute Gasteiger partial charge is 0.144 e. The Bertz CT molecular complexity index is 470. The van der Waals surface area contributed by atoms with Crippen LogP contribution >= 0.6 is 27.5 Å². The lowest BCUT2D eigenvalue weighted by Gasteiger charge is -2.03. The first-order valence-corrected chi connectivity index (χ1v) is 4.93. The zero-order chi connectivity index (χ0) is 9.42. The van der Waals surface area contributed by atoms with Crippen molar-refractivity contribution in [3.8, 4) is 0 Å². The number of aryl methyl sites for hydroxylation is 1. The van der Waals surface area contributed by atoms with Gasteiger partial charge in [0.15, 0.2) is 0 Å². The van der Waals surface area contributed by atoms with Gasteiger partial charge in [0.25, 0.3) is 0 Å². The lowest BCUT2D eigenvalue weighted by Crippen LogP contribution is -1.89. The lowest BCUT2D eigenvalue weighted by molar-refractivity contribution is 1.28. The van der Waals surface area contributed by atoms with Crippen LogP contribution in [-0.2, 0) is 0 Å². The van der Waals surface area contributed by atoms with Gasteiger partial charge in [-0.05, 0) is 40.5 Å². The summed E-state index contributed by atoms with van der Waals surface area (Å²) < 4.78 is 0.820. The molecule has 4 heteroatoms. The molecular formula is C9H6BrClN2. The summed E-state index contributed by atoms with van der Waals surface area (Å²) in [5.74, 6) is 0. The summed E-state index contributed by atoms with van der Waals surface area (Å²) in [6.45, 7) is 1.97. The van der Waals surface area contributed by atoms with Crippen molar-refractivity contribution in [3.05, 3.63) is 33.5 Å². The molecule has 0 bridgehead atoms. The number of hydrogen-bond acceptors (Lipinski definition) is 2. The topological polar surface area (TPSA) is 25.8 Å². The fourth-order valence-corrected chi connectivity index (χ4v) is 1.70. The molecule has 66 valence electrons. The molecule has 0 radical (unpaired) electrons. The van der Waals surface area contributed by atoms with Crippen LogP contribution in [0, 0.1) is 6.92 Å². The Morgan fingerprint density at radius 2 is 2.23 bits per heavy atom. The number of fused-ring (bicyclic) bond motifs is 1. The zero-order valence-corrected chi connectivity index (χ0v) is 9.22. The van der Waals surface area contributed by atoms with Gasteiger partial charge < -0.3 is 0 Å². The number of halogens is 2. The number of pyridine rings is 2. The Kier molecular flexibility index (Phi) is 2.22. The SMILES string of the molecule is Cc1c(Br)c(Cl)nc2cccnc12. The first-order chi connectivity index (χ1) is 6.20. The fraction of sp³-hybridized carbons (Fsp3) is 0.111. The van der Waals surface area contributed by atoms with Gasteiger partial charge >= 0.3 is 0 Å². The van der Waals surface area contributed by atoms with Crippen LogP contribution < -0.4 is 0 Å². The van der Waals surface area contributed by atoms with Gasteiger partial charge in [0.05, 0.1) is 15.5 Å². The van der Waals surface area contributed by atoms with Crippen molar-refractivity contribution in [1.29, 1.82) is 0 Å². The van der Waals surface area contributed by atoms with E-state index in [-0.39, 0.29) is 0 Å². The van der Waals surface area contributed by atoms with Gasteiger partial charge in [-0.2, -0.15) is 0 Å². The lowest BCUT2D eigenvalue weighted by atomic mass is 10.2. The highest BCUT2D eigenvalue weighted by Gasteiger charge is 2.07. The highest BCUT2D eigenvalue weighted by atomic mass is 79.9. The minimum atomic E-state index is 0.484. The fourth-order valence-electron chi connectivity index (χ4n) is 1.19. The largest absolute Gasteiger partial charge is 0.254 e. The molecule has 0 aliphatic heterocycles. The minimum absolute atomic E-state index is 0.484. The molecule has 0 N–H and O–H groups in total. The Hall–Kier alpha value is -0.670. The van der Waals surface area contributed by atoms with Crippen LogP contribution in [-0.4, -0.2) is 9.97 Å². The third-order valence-electron chi connectivity index (χ3n) is 1.87. The summed E-state index contributed by atoms with van der Waals surface area (Å²) in [6, 6.07) is 3.74. The van der Waals surface area contributed by atoms with Crippen molar-refractivity contribution < 1.29 is 0 Å². The maximum Gasteiger partial charge on any atom is 0.144 e. The molecule has 0 saturated heterocycles. The van der Waals surface area contributed by atoms with Crippen LogP contribution in [0.2, 0.25) is 5.15 Å². The molecule has 0 aromatic carbocycles. The highest BCUT2D eigenvalue weighted by molar-refractivity contribution is 9.10. The highest BCUT2D eigenvalue weighted by Crippen LogP contribution is 2.28. The normalized spacial score (nSPS) is 10.7. The first kappa shape index (κ1) is 8.91. The van der Waals surface area contributed by atoms with E-state index in [4.69, 9.17) is 11.6 Å². The molecule has 2 nitrogen and oxygen atoms in total. The van der Waals surface area contributed by atoms with Crippen LogP contribution in [0.3, 0.4) is 0 Å². The molecule has 2 heterocycles. The molecule has 2 aromatic heterocycles. The van der Waals surface area contributed by atoms with Gasteiger partial charge in [0, 0.05) is 6.20 Å². The monoisotopic (exact) mass is 256 g/mol. The molecule has 0 atom stereocenters. The number of aromatic nitrogens is 2. The van der Waals surface area contributed by atoms with Gasteiger partial charge in [-0.15, -0.1) is 0 Å². The second-order valence-electron chi connectivity index (χ2n) is 2.71. The zero-order valence-electron chi connectivity index (χ0n) is 6.88. The summed E-state index contributed by atoms with van der Waals surface area (Å²) in [7, 11) is 0. The van der Waals surface area contributed by atoms with Crippen molar-refractivity contribution >= 4 is 38.6 Å². The van der Waals surface area contributed by atoms with E-state index >= 15 is 0 Å². The molecule has 2 rings (SSSR count). The third kappa shape index (κ3) is 1.42. The summed E-state index contributed by atoms with van der Waals surface area (Å²) in [5.41, 5.74) is 2.74. The molecule has 0 fully saturated rings. The number of nitrogens with zero attached hydrogens (tertiary/aromatic N) is 2. The Balaban J connectivity index is 2.94. The van der Waals surface area contributed by atoms with Gasteiger partial charge in [0.2, 0.25) is 0 Å². The summed E-state index contributed by atoms with van der Waals surface area (Å²) in [5, 5.41) is 0.484. The first-order valence-electron chi connectivity index (χ1n) is 3.76. The molecular weight excluding hydrogens is 251 g/mol. The maximum atomic E-state index is 5.91. The van der Waals surface area contributed by atoms with Crippen LogP contribution in [0.1, 0.15) is 5.56 Å². The van der Waals surface area contributed by atoms with Gasteiger partial charge in [-0.1, -0.05) is 11.6 Å². The average Bonchev–Trinajstić information content (AvgIpc) is 2.15. The molecule has 0 amide bonds. The van der Waals surface area contributed by atoms with Crippen LogP contribution in [0.25, 0.3) is 11.0 Å². The van der Waals surface area contributed by atoms with Crippen LogP contribution in [0.4, 0.5) is 0 Å². The predicted molar refractivity (Wildman–Crippen MR) is 57.0 cm³/mol. The number of rotatable bonds is 0. The van der Waals surface area contributed by atoms with Crippen LogP contribution in [0.15, 0.2) is 22.8 Å². The molecule has 13 heavy (non-hydrogen) atoms. The Labute approximate surface area is 89.1 Å². The maximum absolute atomic E-state index is 5.91. The quantitative estimate of drug-likeness (QED) is 0.676. The summed E-state index contributed by atoms with van der Waals surface area (Å²) in [4.78, 5) is 8.42. The van der Waals surface area contributed by atoms with E-state index in [9.17, 15) is 0 Å². The Morgan fingerprint density at radius 1 is 1.46 bits per heavy atom. The van der Waals surface area contributed by atoms with E-state index in [1.165, 1.54) is 0 Å². The minimum Gasteiger partial charge on any atom is -0.254 e. The Morgan fingerprint density at radius 3 is 3.00 bits per heavy atom. The number of hydrogen-bond donors (Lipinski definition) is 0. The van der Waals surface area contributed by atoms with Crippen molar-refractivity contribution in [2.75, 3.05) is 0 Å². The molecule has 0 saturated carbocycles. The second-order valence-corrected chi connectivity index (χ2v) is 3.86. The van der Waals surface area contributed by atoms with E-state index < -0.39 is 0 Å². The van der Waals surface area contributed by atoms with E-state index in [0.29, 0.717) is 5.15 Å². The average molecular weight is 258 g/mol. The summed E-state index contributed by atoms with van der Waals surface area (Å²) in [6.07, 6.45) is 1.75. The van der Waals surface area contributed by atoms with Crippen molar-refractivity contribution in [3.63, 3.8) is 0 Å². The molecule has 0 spiro atoms. The molecule has 0 aliphatic carbocycles. The van der Waals surface area contributed by atoms with E-state index in [2.05, 4.69) is 25.9 Å².